The smallest absolute Gasteiger partial charge is 0.248 e. The third-order valence-electron chi connectivity index (χ3n) is 7.38. The number of carbonyl (C=O) groups is 1. The summed E-state index contributed by atoms with van der Waals surface area (Å²) in [6.07, 6.45) is 5.98. The number of rotatable bonds is 5. The predicted octanol–water partition coefficient (Wildman–Crippen LogP) is 4.54. The van der Waals surface area contributed by atoms with Gasteiger partial charge >= 0.3 is 0 Å². The van der Waals surface area contributed by atoms with Crippen LogP contribution >= 0.6 is 0 Å². The Morgan fingerprint density at radius 1 is 1.19 bits per heavy atom. The van der Waals surface area contributed by atoms with Crippen LogP contribution in [0.3, 0.4) is 0 Å². The van der Waals surface area contributed by atoms with Crippen molar-refractivity contribution in [1.82, 2.24) is 24.5 Å². The SMILES string of the molecule is Cc1cc(-c2nn(C3CCCC(O)(Cn4ncc5c(F)cccc54)C3)c3ccc(C(N)=O)cc23)ccn1. The van der Waals surface area contributed by atoms with Crippen LogP contribution in [0.15, 0.2) is 60.9 Å². The molecule has 2 atom stereocenters. The Labute approximate surface area is 212 Å². The molecule has 37 heavy (non-hydrogen) atoms. The second-order valence-electron chi connectivity index (χ2n) is 10.0. The molecule has 0 bridgehead atoms. The van der Waals surface area contributed by atoms with Gasteiger partial charge in [0.05, 0.1) is 40.8 Å². The van der Waals surface area contributed by atoms with Crippen LogP contribution < -0.4 is 5.73 Å². The first-order valence-corrected chi connectivity index (χ1v) is 12.4. The number of hydrogen-bond donors (Lipinski definition) is 2. The van der Waals surface area contributed by atoms with E-state index in [9.17, 15) is 14.3 Å². The number of nitrogens with zero attached hydrogens (tertiary/aromatic N) is 5. The van der Waals surface area contributed by atoms with E-state index in [1.807, 2.05) is 35.9 Å². The number of carbonyl (C=O) groups excluding carboxylic acids is 1. The molecular weight excluding hydrogens is 471 g/mol. The summed E-state index contributed by atoms with van der Waals surface area (Å²) >= 11 is 0. The summed E-state index contributed by atoms with van der Waals surface area (Å²) in [4.78, 5) is 16.2. The first kappa shape index (κ1) is 23.3. The molecule has 1 saturated carbocycles. The van der Waals surface area contributed by atoms with Crippen LogP contribution in [0.5, 0.6) is 0 Å². The minimum atomic E-state index is -1.03. The second-order valence-corrected chi connectivity index (χ2v) is 10.0. The molecule has 1 fully saturated rings. The third-order valence-corrected chi connectivity index (χ3v) is 7.38. The topological polar surface area (TPSA) is 112 Å². The predicted molar refractivity (Wildman–Crippen MR) is 138 cm³/mol. The van der Waals surface area contributed by atoms with E-state index in [4.69, 9.17) is 10.8 Å². The van der Waals surface area contributed by atoms with Crippen molar-refractivity contribution in [3.05, 3.63) is 78.0 Å². The fraction of sp³-hybridized carbons (Fsp3) is 0.286. The van der Waals surface area contributed by atoms with Crippen molar-refractivity contribution in [1.29, 1.82) is 0 Å². The average Bonchev–Trinajstić information content (AvgIpc) is 3.46. The first-order valence-electron chi connectivity index (χ1n) is 12.4. The number of aromatic nitrogens is 5. The second kappa shape index (κ2) is 8.77. The highest BCUT2D eigenvalue weighted by molar-refractivity contribution is 6.01. The number of aryl methyl sites for hydroxylation is 1. The minimum Gasteiger partial charge on any atom is -0.388 e. The van der Waals surface area contributed by atoms with Gasteiger partial charge in [0, 0.05) is 34.8 Å². The number of amides is 1. The lowest BCUT2D eigenvalue weighted by Gasteiger charge is -2.37. The number of primary amides is 1. The fourth-order valence-electron chi connectivity index (χ4n) is 5.61. The van der Waals surface area contributed by atoms with E-state index in [1.165, 1.54) is 12.3 Å². The zero-order valence-corrected chi connectivity index (χ0v) is 20.4. The van der Waals surface area contributed by atoms with Gasteiger partial charge in [0.1, 0.15) is 11.5 Å². The van der Waals surface area contributed by atoms with Crippen LogP contribution in [-0.2, 0) is 6.54 Å². The molecule has 0 saturated heterocycles. The molecule has 1 amide bonds. The van der Waals surface area contributed by atoms with Crippen molar-refractivity contribution in [2.24, 2.45) is 5.73 Å². The van der Waals surface area contributed by atoms with Gasteiger partial charge in [-0.3, -0.25) is 19.1 Å². The highest BCUT2D eigenvalue weighted by atomic mass is 19.1. The standard InChI is InChI=1S/C28H27FN6O2/c1-17-12-18(9-11-31-17)26-21-13-19(27(30)36)7-8-25(21)35(33-26)20-4-3-10-28(37,14-20)16-34-24-6-2-5-23(29)22(24)15-32-34/h2,5-9,11-13,15,20,37H,3-4,10,14,16H2,1H3,(H2,30,36). The number of nitrogens with two attached hydrogens (primary N) is 1. The summed E-state index contributed by atoms with van der Waals surface area (Å²) in [5.41, 5.74) is 8.99. The Morgan fingerprint density at radius 2 is 2.05 bits per heavy atom. The molecule has 0 aliphatic heterocycles. The molecule has 1 aliphatic carbocycles. The van der Waals surface area contributed by atoms with Gasteiger partial charge in [0.15, 0.2) is 0 Å². The van der Waals surface area contributed by atoms with Gasteiger partial charge < -0.3 is 10.8 Å². The summed E-state index contributed by atoms with van der Waals surface area (Å²) in [7, 11) is 0. The van der Waals surface area contributed by atoms with Gasteiger partial charge in [-0.15, -0.1) is 0 Å². The van der Waals surface area contributed by atoms with Crippen LogP contribution in [0.25, 0.3) is 33.1 Å². The van der Waals surface area contributed by atoms with E-state index in [-0.39, 0.29) is 18.4 Å². The number of fused-ring (bicyclic) bond motifs is 2. The highest BCUT2D eigenvalue weighted by Crippen LogP contribution is 2.40. The van der Waals surface area contributed by atoms with E-state index >= 15 is 0 Å². The van der Waals surface area contributed by atoms with Gasteiger partial charge in [0.2, 0.25) is 5.91 Å². The molecule has 0 spiro atoms. The molecule has 3 N–H and O–H groups in total. The van der Waals surface area contributed by atoms with E-state index in [2.05, 4.69) is 10.1 Å². The maximum atomic E-state index is 14.2. The lowest BCUT2D eigenvalue weighted by molar-refractivity contribution is -0.0301. The van der Waals surface area contributed by atoms with Gasteiger partial charge in [-0.05, 0) is 68.7 Å². The molecule has 3 heterocycles. The number of halogens is 1. The normalized spacial score (nSPS) is 20.0. The number of hydrogen-bond acceptors (Lipinski definition) is 5. The van der Waals surface area contributed by atoms with Crippen LogP contribution in [0, 0.1) is 12.7 Å². The Hall–Kier alpha value is -4.11. The summed E-state index contributed by atoms with van der Waals surface area (Å²) in [6.45, 7) is 2.18. The van der Waals surface area contributed by atoms with Crippen molar-refractivity contribution >= 4 is 27.7 Å². The Morgan fingerprint density at radius 3 is 2.86 bits per heavy atom. The Kier molecular flexibility index (Phi) is 5.52. The first-order chi connectivity index (χ1) is 17.8. The molecule has 3 aromatic heterocycles. The largest absolute Gasteiger partial charge is 0.388 e. The van der Waals surface area contributed by atoms with Crippen molar-refractivity contribution in [2.75, 3.05) is 0 Å². The summed E-state index contributed by atoms with van der Waals surface area (Å²) in [5.74, 6) is -0.823. The quantitative estimate of drug-likeness (QED) is 0.370. The van der Waals surface area contributed by atoms with E-state index in [1.54, 1.807) is 29.1 Å². The molecule has 188 valence electrons. The third kappa shape index (κ3) is 4.15. The molecule has 5 aromatic rings. The zero-order valence-electron chi connectivity index (χ0n) is 20.4. The van der Waals surface area contributed by atoms with Crippen LogP contribution in [0.2, 0.25) is 0 Å². The molecule has 1 aliphatic rings. The lowest BCUT2D eigenvalue weighted by atomic mass is 9.81. The molecule has 2 unspecified atom stereocenters. The van der Waals surface area contributed by atoms with Crippen molar-refractivity contribution < 1.29 is 14.3 Å². The average molecular weight is 499 g/mol. The maximum absolute atomic E-state index is 14.2. The molecule has 9 heteroatoms. The molecular formula is C28H27FN6O2. The van der Waals surface area contributed by atoms with Crippen molar-refractivity contribution in [3.63, 3.8) is 0 Å². The number of aliphatic hydroxyl groups is 1. The fourth-order valence-corrected chi connectivity index (χ4v) is 5.61. The highest BCUT2D eigenvalue weighted by Gasteiger charge is 2.37. The Balaban J connectivity index is 1.39. The maximum Gasteiger partial charge on any atom is 0.248 e. The lowest BCUT2D eigenvalue weighted by Crippen LogP contribution is -2.40. The summed E-state index contributed by atoms with van der Waals surface area (Å²) in [6, 6.07) is 14.0. The van der Waals surface area contributed by atoms with E-state index in [0.717, 1.165) is 40.7 Å². The minimum absolute atomic E-state index is 0.0732. The van der Waals surface area contributed by atoms with E-state index < -0.39 is 11.5 Å². The monoisotopic (exact) mass is 498 g/mol. The van der Waals surface area contributed by atoms with Gasteiger partial charge in [-0.2, -0.15) is 10.2 Å². The molecule has 0 radical (unpaired) electrons. The summed E-state index contributed by atoms with van der Waals surface area (Å²) in [5, 5.41) is 22.3. The zero-order chi connectivity index (χ0) is 25.7. The van der Waals surface area contributed by atoms with Crippen molar-refractivity contribution in [2.45, 2.75) is 50.8 Å². The van der Waals surface area contributed by atoms with Gasteiger partial charge in [-0.25, -0.2) is 4.39 Å². The van der Waals surface area contributed by atoms with Gasteiger partial charge in [-0.1, -0.05) is 6.07 Å². The molecule has 8 nitrogen and oxygen atoms in total. The molecule has 6 rings (SSSR count). The molecule has 2 aromatic carbocycles. The van der Waals surface area contributed by atoms with Crippen molar-refractivity contribution in [3.8, 4) is 11.3 Å². The number of benzene rings is 2. The van der Waals surface area contributed by atoms with E-state index in [0.29, 0.717) is 29.3 Å². The number of pyridine rings is 1. The van der Waals surface area contributed by atoms with Gasteiger partial charge in [0.25, 0.3) is 0 Å². The summed E-state index contributed by atoms with van der Waals surface area (Å²) < 4.78 is 17.8. The van der Waals surface area contributed by atoms with Crippen LogP contribution in [-0.4, -0.2) is 41.2 Å². The Bertz CT molecular complexity index is 1660. The van der Waals surface area contributed by atoms with Crippen LogP contribution in [0.4, 0.5) is 4.39 Å². The van der Waals surface area contributed by atoms with Crippen LogP contribution in [0.1, 0.15) is 47.8 Å².